The van der Waals surface area contributed by atoms with Gasteiger partial charge in [-0.3, -0.25) is 0 Å². The first kappa shape index (κ1) is 16.9. The summed E-state index contributed by atoms with van der Waals surface area (Å²) >= 11 is 0. The maximum absolute atomic E-state index is 5.27. The molecule has 0 radical (unpaired) electrons. The van der Waals surface area contributed by atoms with E-state index >= 15 is 0 Å². The van der Waals surface area contributed by atoms with Gasteiger partial charge in [0.2, 0.25) is 0 Å². The highest BCUT2D eigenvalue weighted by molar-refractivity contribution is 4.85. The van der Waals surface area contributed by atoms with Gasteiger partial charge in [-0.25, -0.2) is 0 Å². The predicted molar refractivity (Wildman–Crippen MR) is 82.6 cm³/mol. The normalized spacial score (nSPS) is 29.7. The molecule has 1 rings (SSSR count). The molecule has 0 aromatic carbocycles. The van der Waals surface area contributed by atoms with Crippen LogP contribution in [0.1, 0.15) is 46.5 Å². The molecule has 3 heteroatoms. The molecule has 114 valence electrons. The lowest BCUT2D eigenvalue weighted by molar-refractivity contribution is 0.0862. The minimum atomic E-state index is 0.508. The summed E-state index contributed by atoms with van der Waals surface area (Å²) in [6, 6.07) is 1.22. The minimum Gasteiger partial charge on any atom is -0.383 e. The van der Waals surface area contributed by atoms with Gasteiger partial charge in [-0.2, -0.15) is 0 Å². The van der Waals surface area contributed by atoms with Crippen LogP contribution in [0.25, 0.3) is 0 Å². The maximum atomic E-state index is 5.27. The van der Waals surface area contributed by atoms with Crippen LogP contribution in [0.2, 0.25) is 0 Å². The van der Waals surface area contributed by atoms with Crippen molar-refractivity contribution >= 4 is 0 Å². The summed E-state index contributed by atoms with van der Waals surface area (Å²) in [5.74, 6) is 1.68. The van der Waals surface area contributed by atoms with E-state index in [1.54, 1.807) is 7.11 Å². The molecule has 19 heavy (non-hydrogen) atoms. The van der Waals surface area contributed by atoms with Crippen LogP contribution < -0.4 is 5.32 Å². The fraction of sp³-hybridized carbons (Fsp3) is 1.00. The zero-order valence-corrected chi connectivity index (χ0v) is 13.6. The van der Waals surface area contributed by atoms with Crippen molar-refractivity contribution in [1.82, 2.24) is 10.2 Å². The summed E-state index contributed by atoms with van der Waals surface area (Å²) < 4.78 is 5.27. The largest absolute Gasteiger partial charge is 0.383 e. The van der Waals surface area contributed by atoms with Gasteiger partial charge in [-0.1, -0.05) is 13.8 Å². The van der Waals surface area contributed by atoms with E-state index in [9.17, 15) is 0 Å². The SMILES string of the molecule is CCCNC1CCC(C)CC1CN(C)C(C)COC. The molecular weight excluding hydrogens is 236 g/mol. The second-order valence-electron chi connectivity index (χ2n) is 6.48. The van der Waals surface area contributed by atoms with Crippen molar-refractivity contribution in [3.8, 4) is 0 Å². The molecule has 3 nitrogen and oxygen atoms in total. The van der Waals surface area contributed by atoms with Crippen molar-refractivity contribution in [3.63, 3.8) is 0 Å². The second-order valence-corrected chi connectivity index (χ2v) is 6.48. The average Bonchev–Trinajstić information content (AvgIpc) is 2.38. The van der Waals surface area contributed by atoms with Crippen molar-refractivity contribution in [2.75, 3.05) is 33.9 Å². The van der Waals surface area contributed by atoms with E-state index in [0.29, 0.717) is 12.1 Å². The maximum Gasteiger partial charge on any atom is 0.0615 e. The summed E-state index contributed by atoms with van der Waals surface area (Å²) in [5, 5.41) is 3.76. The number of nitrogens with zero attached hydrogens (tertiary/aromatic N) is 1. The fourth-order valence-corrected chi connectivity index (χ4v) is 3.22. The van der Waals surface area contributed by atoms with E-state index in [4.69, 9.17) is 4.74 Å². The Morgan fingerprint density at radius 2 is 2.11 bits per heavy atom. The first-order valence-corrected chi connectivity index (χ1v) is 8.01. The first-order chi connectivity index (χ1) is 9.08. The number of nitrogens with one attached hydrogen (secondary N) is 1. The molecule has 1 aliphatic rings. The summed E-state index contributed by atoms with van der Waals surface area (Å²) in [5.41, 5.74) is 0. The predicted octanol–water partition coefficient (Wildman–Crippen LogP) is 2.76. The fourth-order valence-electron chi connectivity index (χ4n) is 3.22. The first-order valence-electron chi connectivity index (χ1n) is 8.01. The Kier molecular flexibility index (Phi) is 7.96. The Morgan fingerprint density at radius 3 is 2.74 bits per heavy atom. The monoisotopic (exact) mass is 270 g/mol. The highest BCUT2D eigenvalue weighted by Gasteiger charge is 2.29. The van der Waals surface area contributed by atoms with Crippen molar-refractivity contribution in [1.29, 1.82) is 0 Å². The molecule has 0 amide bonds. The van der Waals surface area contributed by atoms with Crippen molar-refractivity contribution in [2.45, 2.75) is 58.5 Å². The zero-order chi connectivity index (χ0) is 14.3. The van der Waals surface area contributed by atoms with Gasteiger partial charge in [0, 0.05) is 25.7 Å². The van der Waals surface area contributed by atoms with Crippen molar-refractivity contribution in [2.24, 2.45) is 11.8 Å². The number of hydrogen-bond acceptors (Lipinski definition) is 3. The van der Waals surface area contributed by atoms with Gasteiger partial charge in [-0.15, -0.1) is 0 Å². The molecule has 0 aliphatic heterocycles. The van der Waals surface area contributed by atoms with Crippen LogP contribution >= 0.6 is 0 Å². The van der Waals surface area contributed by atoms with E-state index in [0.717, 1.165) is 25.0 Å². The molecule has 0 bridgehead atoms. The Balaban J connectivity index is 2.49. The Hall–Kier alpha value is -0.120. The van der Waals surface area contributed by atoms with Gasteiger partial charge >= 0.3 is 0 Å². The van der Waals surface area contributed by atoms with Gasteiger partial charge in [-0.05, 0) is 58.0 Å². The molecule has 1 N–H and O–H groups in total. The van der Waals surface area contributed by atoms with Crippen LogP contribution in [0, 0.1) is 11.8 Å². The van der Waals surface area contributed by atoms with E-state index < -0.39 is 0 Å². The molecule has 0 spiro atoms. The molecular formula is C16H34N2O. The van der Waals surface area contributed by atoms with Gasteiger partial charge in [0.25, 0.3) is 0 Å². The highest BCUT2D eigenvalue weighted by atomic mass is 16.5. The molecule has 4 atom stereocenters. The Labute approximate surface area is 120 Å². The molecule has 0 heterocycles. The number of likely N-dealkylation sites (N-methyl/N-ethyl adjacent to an activating group) is 1. The van der Waals surface area contributed by atoms with Crippen molar-refractivity contribution < 1.29 is 4.74 Å². The highest BCUT2D eigenvalue weighted by Crippen LogP contribution is 2.30. The van der Waals surface area contributed by atoms with E-state index in [1.165, 1.54) is 32.2 Å². The van der Waals surface area contributed by atoms with Crippen LogP contribution in [0.3, 0.4) is 0 Å². The summed E-state index contributed by atoms with van der Waals surface area (Å²) in [4.78, 5) is 2.47. The molecule has 4 unspecified atom stereocenters. The summed E-state index contributed by atoms with van der Waals surface area (Å²) in [6.07, 6.45) is 5.33. The standard InChI is InChI=1S/C16H34N2O/c1-6-9-17-16-8-7-13(2)10-15(16)11-18(4)14(3)12-19-5/h13-17H,6-12H2,1-5H3. The van der Waals surface area contributed by atoms with Crippen LogP contribution in [-0.2, 0) is 4.74 Å². The molecule has 0 aromatic heterocycles. The number of rotatable bonds is 8. The van der Waals surface area contributed by atoms with E-state index in [2.05, 4.69) is 38.0 Å². The van der Waals surface area contributed by atoms with Crippen LogP contribution in [-0.4, -0.2) is 50.8 Å². The molecule has 1 aliphatic carbocycles. The minimum absolute atomic E-state index is 0.508. The van der Waals surface area contributed by atoms with Gasteiger partial charge < -0.3 is 15.0 Å². The zero-order valence-electron chi connectivity index (χ0n) is 13.6. The van der Waals surface area contributed by atoms with Crippen LogP contribution in [0.4, 0.5) is 0 Å². The molecule has 1 fully saturated rings. The summed E-state index contributed by atoms with van der Waals surface area (Å²) in [7, 11) is 4.03. The topological polar surface area (TPSA) is 24.5 Å². The Morgan fingerprint density at radius 1 is 1.37 bits per heavy atom. The number of methoxy groups -OCH3 is 1. The number of ether oxygens (including phenoxy) is 1. The van der Waals surface area contributed by atoms with Gasteiger partial charge in [0.05, 0.1) is 6.61 Å². The lowest BCUT2D eigenvalue weighted by Gasteiger charge is -2.39. The smallest absolute Gasteiger partial charge is 0.0615 e. The molecule has 1 saturated carbocycles. The third-order valence-corrected chi connectivity index (χ3v) is 4.58. The second kappa shape index (κ2) is 8.93. The number of hydrogen-bond donors (Lipinski definition) is 1. The van der Waals surface area contributed by atoms with Gasteiger partial charge in [0.1, 0.15) is 0 Å². The third-order valence-electron chi connectivity index (χ3n) is 4.58. The van der Waals surface area contributed by atoms with Gasteiger partial charge in [0.15, 0.2) is 0 Å². The molecule has 0 aromatic rings. The Bertz CT molecular complexity index is 233. The van der Waals surface area contributed by atoms with Crippen LogP contribution in [0.15, 0.2) is 0 Å². The quantitative estimate of drug-likeness (QED) is 0.734. The summed E-state index contributed by atoms with van der Waals surface area (Å²) in [6.45, 7) is 10.1. The lowest BCUT2D eigenvalue weighted by Crippen LogP contribution is -2.47. The lowest BCUT2D eigenvalue weighted by atomic mass is 9.78. The van der Waals surface area contributed by atoms with E-state index in [1.807, 2.05) is 0 Å². The van der Waals surface area contributed by atoms with E-state index in [-0.39, 0.29) is 0 Å². The molecule has 0 saturated heterocycles. The van der Waals surface area contributed by atoms with Crippen LogP contribution in [0.5, 0.6) is 0 Å². The van der Waals surface area contributed by atoms with Crippen molar-refractivity contribution in [3.05, 3.63) is 0 Å². The third kappa shape index (κ3) is 5.80. The average molecular weight is 270 g/mol.